The number of esters is 4. The molecular formula is C29H36N2O10. The normalized spacial score (nSPS) is 12.2. The maximum Gasteiger partial charge on any atom is 0.410 e. The first-order valence-corrected chi connectivity index (χ1v) is 13.0. The Morgan fingerprint density at radius 2 is 1.46 bits per heavy atom. The molecule has 222 valence electrons. The summed E-state index contributed by atoms with van der Waals surface area (Å²) in [5, 5.41) is 5.10. The lowest BCUT2D eigenvalue weighted by atomic mass is 10.1. The molecule has 1 unspecified atom stereocenters. The smallest absolute Gasteiger partial charge is 0.410 e. The highest BCUT2D eigenvalue weighted by Crippen LogP contribution is 2.30. The number of benzene rings is 2. The van der Waals surface area contributed by atoms with Crippen LogP contribution >= 0.6 is 0 Å². The van der Waals surface area contributed by atoms with Crippen molar-refractivity contribution < 1.29 is 47.7 Å². The van der Waals surface area contributed by atoms with Gasteiger partial charge in [0.1, 0.15) is 6.04 Å². The first-order chi connectivity index (χ1) is 19.4. The lowest BCUT2D eigenvalue weighted by Gasteiger charge is -2.21. The van der Waals surface area contributed by atoms with Gasteiger partial charge in [-0.3, -0.25) is 9.59 Å². The summed E-state index contributed by atoms with van der Waals surface area (Å²) in [6.07, 6.45) is -2.82. The molecule has 0 bridgehead atoms. The maximum absolute atomic E-state index is 12.8. The Bertz CT molecular complexity index is 1210. The van der Waals surface area contributed by atoms with Gasteiger partial charge in [0.25, 0.3) is 0 Å². The fourth-order valence-electron chi connectivity index (χ4n) is 3.27. The molecule has 0 aliphatic heterocycles. The molecule has 0 saturated carbocycles. The molecule has 2 aromatic carbocycles. The molecule has 0 aliphatic carbocycles. The summed E-state index contributed by atoms with van der Waals surface area (Å²) in [7, 11) is 1.57. The number of carbonyl (C=O) groups is 5. The van der Waals surface area contributed by atoms with Crippen molar-refractivity contribution in [3.63, 3.8) is 0 Å². The number of alkyl carbamates (subject to hydrolysis) is 1. The van der Waals surface area contributed by atoms with Crippen LogP contribution in [0.3, 0.4) is 0 Å². The summed E-state index contributed by atoms with van der Waals surface area (Å²) in [4.78, 5) is 62.0. The Morgan fingerprint density at radius 1 is 0.780 bits per heavy atom. The summed E-state index contributed by atoms with van der Waals surface area (Å²) < 4.78 is 26.3. The summed E-state index contributed by atoms with van der Waals surface area (Å²) in [5.74, 6) is -3.15. The minimum absolute atomic E-state index is 0.0206. The molecule has 0 radical (unpaired) electrons. The molecule has 0 heterocycles. The maximum atomic E-state index is 12.8. The molecular weight excluding hydrogens is 536 g/mol. The average Bonchev–Trinajstić information content (AvgIpc) is 2.89. The number of nitrogens with one attached hydrogen (secondary N) is 2. The van der Waals surface area contributed by atoms with Gasteiger partial charge in [0.05, 0.1) is 24.1 Å². The summed E-state index contributed by atoms with van der Waals surface area (Å²) in [6, 6.07) is 11.3. The van der Waals surface area contributed by atoms with Crippen molar-refractivity contribution in [2.45, 2.75) is 59.5 Å². The van der Waals surface area contributed by atoms with E-state index in [9.17, 15) is 24.0 Å². The first-order valence-electron chi connectivity index (χ1n) is 13.0. The summed E-state index contributed by atoms with van der Waals surface area (Å²) in [6.45, 7) is 7.83. The largest absolute Gasteiger partial charge is 0.461 e. The van der Waals surface area contributed by atoms with E-state index in [-0.39, 0.29) is 30.0 Å². The van der Waals surface area contributed by atoms with Crippen LogP contribution in [0, 0.1) is 5.92 Å². The van der Waals surface area contributed by atoms with Crippen LogP contribution in [-0.4, -0.2) is 62.0 Å². The number of likely N-dealkylation sites (N-methyl/N-ethyl adjacent to an activating group) is 1. The summed E-state index contributed by atoms with van der Waals surface area (Å²) >= 11 is 0. The van der Waals surface area contributed by atoms with Crippen molar-refractivity contribution in [3.05, 3.63) is 59.7 Å². The second kappa shape index (κ2) is 16.0. The molecule has 2 aromatic rings. The molecule has 0 aromatic heterocycles. The molecule has 0 aliphatic rings. The minimum Gasteiger partial charge on any atom is -0.461 e. The molecule has 1 amide bonds. The first kappa shape index (κ1) is 32.8. The number of carbonyl (C=O) groups excluding carboxylic acids is 5. The molecule has 0 fully saturated rings. The Hall–Kier alpha value is -4.45. The van der Waals surface area contributed by atoms with Gasteiger partial charge >= 0.3 is 30.0 Å². The molecule has 12 heteroatoms. The third-order valence-corrected chi connectivity index (χ3v) is 5.16. The van der Waals surface area contributed by atoms with E-state index in [0.717, 1.165) is 0 Å². The zero-order valence-electron chi connectivity index (χ0n) is 23.9. The van der Waals surface area contributed by atoms with Crippen LogP contribution in [0.4, 0.5) is 4.79 Å². The topological polar surface area (TPSA) is 156 Å². The molecule has 0 spiro atoms. The van der Waals surface area contributed by atoms with Crippen molar-refractivity contribution in [1.82, 2.24) is 10.6 Å². The third kappa shape index (κ3) is 11.3. The Balaban J connectivity index is 2.30. The van der Waals surface area contributed by atoms with Gasteiger partial charge in [0.15, 0.2) is 11.5 Å². The number of hydrogen-bond acceptors (Lipinski definition) is 11. The Kier molecular flexibility index (Phi) is 12.8. The van der Waals surface area contributed by atoms with Crippen LogP contribution < -0.4 is 20.1 Å². The predicted molar refractivity (Wildman–Crippen MR) is 146 cm³/mol. The van der Waals surface area contributed by atoms with Gasteiger partial charge in [0.2, 0.25) is 6.29 Å². The molecule has 41 heavy (non-hydrogen) atoms. The lowest BCUT2D eigenvalue weighted by Crippen LogP contribution is -2.45. The average molecular weight is 573 g/mol. The van der Waals surface area contributed by atoms with E-state index in [0.29, 0.717) is 5.56 Å². The van der Waals surface area contributed by atoms with E-state index in [1.807, 2.05) is 0 Å². The van der Waals surface area contributed by atoms with Crippen LogP contribution in [0.25, 0.3) is 0 Å². The molecule has 12 nitrogen and oxygen atoms in total. The van der Waals surface area contributed by atoms with E-state index in [1.165, 1.54) is 25.1 Å². The van der Waals surface area contributed by atoms with Crippen LogP contribution in [-0.2, 0) is 35.0 Å². The second-order valence-corrected chi connectivity index (χ2v) is 9.49. The fourth-order valence-corrected chi connectivity index (χ4v) is 3.27. The zero-order valence-corrected chi connectivity index (χ0v) is 23.9. The van der Waals surface area contributed by atoms with Gasteiger partial charge in [-0.25, -0.2) is 14.4 Å². The molecule has 2 N–H and O–H groups in total. The quantitative estimate of drug-likeness (QED) is 0.206. The van der Waals surface area contributed by atoms with Crippen LogP contribution in [0.1, 0.15) is 50.5 Å². The molecule has 2 rings (SSSR count). The van der Waals surface area contributed by atoms with Gasteiger partial charge in [-0.1, -0.05) is 38.1 Å². The SMILES string of the molecule is CNCC(=O)Oc1ccc(C[C@H](NC(=O)OC(C)OC(=O)C(C)C)C(=O)OC(C)C)cc1OC(=O)c1ccccc1. The van der Waals surface area contributed by atoms with Gasteiger partial charge in [-0.2, -0.15) is 0 Å². The highest BCUT2D eigenvalue weighted by molar-refractivity contribution is 5.91. The van der Waals surface area contributed by atoms with Crippen molar-refractivity contribution in [3.8, 4) is 11.5 Å². The number of amides is 1. The van der Waals surface area contributed by atoms with Crippen LogP contribution in [0.2, 0.25) is 0 Å². The number of hydrogen-bond donors (Lipinski definition) is 2. The van der Waals surface area contributed by atoms with Crippen LogP contribution in [0.15, 0.2) is 48.5 Å². The van der Waals surface area contributed by atoms with Crippen molar-refractivity contribution >= 4 is 30.0 Å². The van der Waals surface area contributed by atoms with E-state index in [1.54, 1.807) is 65.1 Å². The highest BCUT2D eigenvalue weighted by atomic mass is 16.7. The highest BCUT2D eigenvalue weighted by Gasteiger charge is 2.27. The number of rotatable bonds is 13. The van der Waals surface area contributed by atoms with Gasteiger partial charge in [-0.05, 0) is 50.7 Å². The van der Waals surface area contributed by atoms with E-state index in [2.05, 4.69) is 10.6 Å². The second-order valence-electron chi connectivity index (χ2n) is 9.49. The van der Waals surface area contributed by atoms with E-state index < -0.39 is 54.3 Å². The van der Waals surface area contributed by atoms with E-state index in [4.69, 9.17) is 23.7 Å². The van der Waals surface area contributed by atoms with Gasteiger partial charge in [-0.15, -0.1) is 0 Å². The molecule has 0 saturated heterocycles. The lowest BCUT2D eigenvalue weighted by molar-refractivity contribution is -0.169. The monoisotopic (exact) mass is 572 g/mol. The minimum atomic E-state index is -1.23. The fraction of sp³-hybridized carbons (Fsp3) is 0.414. The summed E-state index contributed by atoms with van der Waals surface area (Å²) in [5.41, 5.74) is 0.694. The van der Waals surface area contributed by atoms with Crippen LogP contribution in [0.5, 0.6) is 11.5 Å². The van der Waals surface area contributed by atoms with Gasteiger partial charge < -0.3 is 34.3 Å². The number of ether oxygens (including phenoxy) is 5. The Morgan fingerprint density at radius 3 is 2.07 bits per heavy atom. The Labute approximate surface area is 238 Å². The third-order valence-electron chi connectivity index (χ3n) is 5.16. The zero-order chi connectivity index (χ0) is 30.5. The van der Waals surface area contributed by atoms with Gasteiger partial charge in [0, 0.05) is 13.3 Å². The predicted octanol–water partition coefficient (Wildman–Crippen LogP) is 3.16. The van der Waals surface area contributed by atoms with Crippen molar-refractivity contribution in [1.29, 1.82) is 0 Å². The van der Waals surface area contributed by atoms with Crippen molar-refractivity contribution in [2.75, 3.05) is 13.6 Å². The van der Waals surface area contributed by atoms with E-state index >= 15 is 0 Å². The standard InChI is InChI=1S/C29H36N2O10/c1-17(2)26(33)38-19(5)39-29(36)31-22(28(35)37-18(3)4)14-20-12-13-23(40-25(32)16-30-6)24(15-20)41-27(34)21-10-8-7-9-11-21/h7-13,15,17-19,22,30H,14,16H2,1-6H3,(H,31,36)/t19?,22-/m0/s1. The van der Waals surface area contributed by atoms with Crippen molar-refractivity contribution in [2.24, 2.45) is 5.92 Å². The molecule has 2 atom stereocenters.